The summed E-state index contributed by atoms with van der Waals surface area (Å²) in [6.07, 6.45) is 1.63. The van der Waals surface area contributed by atoms with Crippen LogP contribution < -0.4 is 10.6 Å². The molecule has 4 rings (SSSR count). The number of fused-ring (bicyclic) bond motifs is 1. The van der Waals surface area contributed by atoms with Crippen molar-refractivity contribution in [2.24, 2.45) is 5.92 Å². The van der Waals surface area contributed by atoms with Crippen molar-refractivity contribution in [2.45, 2.75) is 25.8 Å². The van der Waals surface area contributed by atoms with Crippen LogP contribution in [0.5, 0.6) is 0 Å². The first-order valence-corrected chi connectivity index (χ1v) is 8.81. The molecule has 0 bridgehead atoms. The van der Waals surface area contributed by atoms with Gasteiger partial charge in [-0.2, -0.15) is 0 Å². The van der Waals surface area contributed by atoms with Crippen LogP contribution in [0.3, 0.4) is 0 Å². The van der Waals surface area contributed by atoms with Crippen molar-refractivity contribution in [2.75, 3.05) is 18.4 Å². The van der Waals surface area contributed by atoms with Crippen LogP contribution in [0.1, 0.15) is 25.3 Å². The van der Waals surface area contributed by atoms with Gasteiger partial charge in [-0.05, 0) is 49.7 Å². The Morgan fingerprint density at radius 2 is 2.15 bits per heavy atom. The van der Waals surface area contributed by atoms with Gasteiger partial charge in [0.15, 0.2) is 0 Å². The summed E-state index contributed by atoms with van der Waals surface area (Å²) in [6.45, 7) is 4.19. The molecule has 1 aliphatic heterocycles. The summed E-state index contributed by atoms with van der Waals surface area (Å²) in [5.41, 5.74) is 1.99. The lowest BCUT2D eigenvalue weighted by atomic mass is 9.95. The molecule has 1 fully saturated rings. The predicted molar refractivity (Wildman–Crippen MR) is 97.4 cm³/mol. The molecule has 4 heterocycles. The molecule has 3 aromatic heterocycles. The molecule has 2 N–H and O–H groups in total. The Morgan fingerprint density at radius 1 is 1.27 bits per heavy atom. The molecule has 0 radical (unpaired) electrons. The summed E-state index contributed by atoms with van der Waals surface area (Å²) in [6, 6.07) is 9.10. The minimum Gasteiger partial charge on any atom is -0.367 e. The maximum Gasteiger partial charge on any atom is 0.265 e. The fourth-order valence-corrected chi connectivity index (χ4v) is 3.39. The van der Waals surface area contributed by atoms with E-state index in [9.17, 15) is 8.78 Å². The molecule has 0 amide bonds. The third-order valence-corrected chi connectivity index (χ3v) is 4.91. The molecule has 0 unspecified atom stereocenters. The van der Waals surface area contributed by atoms with Crippen LogP contribution in [0.2, 0.25) is 0 Å². The highest BCUT2D eigenvalue weighted by molar-refractivity contribution is 5.62. The number of nitrogens with zero attached hydrogens (tertiary/aromatic N) is 3. The van der Waals surface area contributed by atoms with E-state index in [2.05, 4.69) is 27.5 Å². The van der Waals surface area contributed by atoms with Crippen LogP contribution in [0, 0.1) is 5.92 Å². The van der Waals surface area contributed by atoms with Gasteiger partial charge in [0.05, 0.1) is 17.6 Å². The summed E-state index contributed by atoms with van der Waals surface area (Å²) in [4.78, 5) is 8.99. The van der Waals surface area contributed by atoms with Gasteiger partial charge >= 0.3 is 0 Å². The fraction of sp³-hybridized carbons (Fsp3) is 0.368. The SMILES string of the molecule is C[C@@H]1CNCC[C@H]1Nc1cccc(-c2cnc3ccc(C(F)F)cn23)n1. The van der Waals surface area contributed by atoms with Gasteiger partial charge < -0.3 is 10.6 Å². The van der Waals surface area contributed by atoms with Gasteiger partial charge in [0, 0.05) is 17.8 Å². The summed E-state index contributed by atoms with van der Waals surface area (Å²) < 4.78 is 27.7. The second-order valence-electron chi connectivity index (χ2n) is 6.76. The second-order valence-corrected chi connectivity index (χ2v) is 6.76. The summed E-state index contributed by atoms with van der Waals surface area (Å²) >= 11 is 0. The third-order valence-electron chi connectivity index (χ3n) is 4.91. The highest BCUT2D eigenvalue weighted by Gasteiger charge is 2.21. The van der Waals surface area contributed by atoms with Crippen LogP contribution in [-0.4, -0.2) is 33.5 Å². The molecule has 7 heteroatoms. The first-order chi connectivity index (χ1) is 12.6. The molecule has 3 aromatic rings. The van der Waals surface area contributed by atoms with E-state index in [1.165, 1.54) is 12.3 Å². The standard InChI is InChI=1S/C19H21F2N5/c1-12-9-22-8-7-14(12)24-17-4-2-3-15(25-17)16-10-23-18-6-5-13(19(20)21)11-26(16)18/h2-6,10-12,14,19,22H,7-9H2,1H3,(H,24,25)/t12-,14-/m1/s1. The van der Waals surface area contributed by atoms with E-state index in [1.807, 2.05) is 18.2 Å². The van der Waals surface area contributed by atoms with Crippen LogP contribution in [-0.2, 0) is 0 Å². The average molecular weight is 357 g/mol. The summed E-state index contributed by atoms with van der Waals surface area (Å²) in [5, 5.41) is 6.90. The fourth-order valence-electron chi connectivity index (χ4n) is 3.39. The van der Waals surface area contributed by atoms with Gasteiger partial charge in [0.2, 0.25) is 0 Å². The van der Waals surface area contributed by atoms with Crippen LogP contribution >= 0.6 is 0 Å². The molecule has 0 aromatic carbocycles. The van der Waals surface area contributed by atoms with Crippen LogP contribution in [0.4, 0.5) is 14.6 Å². The average Bonchev–Trinajstić information content (AvgIpc) is 3.07. The van der Waals surface area contributed by atoms with Gasteiger partial charge in [-0.15, -0.1) is 0 Å². The van der Waals surface area contributed by atoms with E-state index < -0.39 is 6.43 Å². The van der Waals surface area contributed by atoms with E-state index in [1.54, 1.807) is 16.7 Å². The number of halogens is 2. The zero-order valence-corrected chi connectivity index (χ0v) is 14.5. The molecule has 2 atom stereocenters. The number of hydrogen-bond acceptors (Lipinski definition) is 4. The van der Waals surface area contributed by atoms with E-state index in [-0.39, 0.29) is 5.56 Å². The number of imidazole rings is 1. The molecule has 26 heavy (non-hydrogen) atoms. The molecular formula is C19H21F2N5. The largest absolute Gasteiger partial charge is 0.367 e. The van der Waals surface area contributed by atoms with E-state index >= 15 is 0 Å². The van der Waals surface area contributed by atoms with Gasteiger partial charge in [-0.25, -0.2) is 18.7 Å². The van der Waals surface area contributed by atoms with Gasteiger partial charge in [-0.1, -0.05) is 13.0 Å². The number of alkyl halides is 2. The van der Waals surface area contributed by atoms with Gasteiger partial charge in [0.25, 0.3) is 6.43 Å². The van der Waals surface area contributed by atoms with Crippen molar-refractivity contribution in [3.05, 3.63) is 48.3 Å². The van der Waals surface area contributed by atoms with E-state index in [0.29, 0.717) is 29.0 Å². The number of aromatic nitrogens is 3. The second kappa shape index (κ2) is 6.99. The van der Waals surface area contributed by atoms with Crippen molar-refractivity contribution in [1.82, 2.24) is 19.7 Å². The maximum atomic E-state index is 13.0. The van der Waals surface area contributed by atoms with Crippen molar-refractivity contribution in [3.8, 4) is 11.4 Å². The van der Waals surface area contributed by atoms with E-state index in [0.717, 1.165) is 25.3 Å². The quantitative estimate of drug-likeness (QED) is 0.747. The smallest absolute Gasteiger partial charge is 0.265 e. The Hall–Kier alpha value is -2.54. The normalized spacial score (nSPS) is 20.6. The Bertz CT molecular complexity index is 908. The lowest BCUT2D eigenvalue weighted by Crippen LogP contribution is -2.42. The number of pyridine rings is 2. The number of hydrogen-bond donors (Lipinski definition) is 2. The Labute approximate surface area is 150 Å². The topological polar surface area (TPSA) is 54.2 Å². The monoisotopic (exact) mass is 357 g/mol. The molecule has 5 nitrogen and oxygen atoms in total. The summed E-state index contributed by atoms with van der Waals surface area (Å²) in [5.74, 6) is 1.31. The molecular weight excluding hydrogens is 336 g/mol. The third kappa shape index (κ3) is 3.26. The number of rotatable bonds is 4. The van der Waals surface area contributed by atoms with Crippen molar-refractivity contribution >= 4 is 11.5 Å². The minimum absolute atomic E-state index is 0.0328. The van der Waals surface area contributed by atoms with Crippen molar-refractivity contribution in [1.29, 1.82) is 0 Å². The first-order valence-electron chi connectivity index (χ1n) is 8.81. The minimum atomic E-state index is -2.52. The van der Waals surface area contributed by atoms with Crippen LogP contribution in [0.25, 0.3) is 17.0 Å². The molecule has 136 valence electrons. The summed E-state index contributed by atoms with van der Waals surface area (Å²) in [7, 11) is 0. The Morgan fingerprint density at radius 3 is 2.96 bits per heavy atom. The van der Waals surface area contributed by atoms with Crippen molar-refractivity contribution in [3.63, 3.8) is 0 Å². The van der Waals surface area contributed by atoms with Gasteiger partial charge in [0.1, 0.15) is 11.5 Å². The van der Waals surface area contributed by atoms with Crippen LogP contribution in [0.15, 0.2) is 42.7 Å². The zero-order valence-electron chi connectivity index (χ0n) is 14.5. The van der Waals surface area contributed by atoms with Crippen molar-refractivity contribution < 1.29 is 8.78 Å². The maximum absolute atomic E-state index is 13.0. The molecule has 1 aliphatic rings. The Kier molecular flexibility index (Phi) is 4.55. The van der Waals surface area contributed by atoms with Gasteiger partial charge in [-0.3, -0.25) is 4.40 Å². The first kappa shape index (κ1) is 16.9. The molecule has 0 aliphatic carbocycles. The molecule has 0 saturated carbocycles. The number of anilines is 1. The Balaban J connectivity index is 1.66. The lowest BCUT2D eigenvalue weighted by molar-refractivity contribution is 0.151. The highest BCUT2D eigenvalue weighted by atomic mass is 19.3. The number of piperidine rings is 1. The molecule has 0 spiro atoms. The zero-order chi connectivity index (χ0) is 18.1. The predicted octanol–water partition coefficient (Wildman–Crippen LogP) is 3.74. The lowest BCUT2D eigenvalue weighted by Gasteiger charge is -2.30. The molecule has 1 saturated heterocycles. The van der Waals surface area contributed by atoms with E-state index in [4.69, 9.17) is 0 Å². The highest BCUT2D eigenvalue weighted by Crippen LogP contribution is 2.25. The number of nitrogens with one attached hydrogen (secondary N) is 2.